The second kappa shape index (κ2) is 2.30. The van der Waals surface area contributed by atoms with Gasteiger partial charge < -0.3 is 10.5 Å². The molecule has 0 saturated carbocycles. The summed E-state index contributed by atoms with van der Waals surface area (Å²) in [6.07, 6.45) is 3.04. The third-order valence-electron chi connectivity index (χ3n) is 3.03. The van der Waals surface area contributed by atoms with Gasteiger partial charge in [0.2, 0.25) is 0 Å². The molecule has 2 fully saturated rings. The van der Waals surface area contributed by atoms with E-state index in [1.54, 1.807) is 0 Å². The average molecular weight is 169 g/mol. The molecule has 0 amide bonds. The fraction of sp³-hybridized carbons (Fsp3) is 0.889. The van der Waals surface area contributed by atoms with Crippen LogP contribution in [0.1, 0.15) is 32.6 Å². The van der Waals surface area contributed by atoms with E-state index in [9.17, 15) is 4.79 Å². The van der Waals surface area contributed by atoms with Crippen molar-refractivity contribution in [3.8, 4) is 0 Å². The van der Waals surface area contributed by atoms with Crippen molar-refractivity contribution in [2.45, 2.75) is 43.8 Å². The van der Waals surface area contributed by atoms with Crippen LogP contribution in [0.4, 0.5) is 0 Å². The maximum absolute atomic E-state index is 11.4. The standard InChI is InChI=1S/C9H15NO2/c1-8-2-3-9(6-10,12-8)5-7(11)4-8/h2-6,10H2,1H3/t8-,9+/m1/s1. The van der Waals surface area contributed by atoms with Crippen LogP contribution < -0.4 is 5.73 Å². The highest BCUT2D eigenvalue weighted by Crippen LogP contribution is 2.45. The van der Waals surface area contributed by atoms with E-state index in [-0.39, 0.29) is 11.2 Å². The Kier molecular flexibility index (Phi) is 1.57. The Labute approximate surface area is 72.3 Å². The van der Waals surface area contributed by atoms with E-state index in [0.29, 0.717) is 25.2 Å². The van der Waals surface area contributed by atoms with Gasteiger partial charge in [-0.25, -0.2) is 0 Å². The number of nitrogens with two attached hydrogens (primary N) is 1. The lowest BCUT2D eigenvalue weighted by molar-refractivity contribution is -0.154. The summed E-state index contributed by atoms with van der Waals surface area (Å²) in [6, 6.07) is 0. The molecule has 2 saturated heterocycles. The van der Waals surface area contributed by atoms with Crippen molar-refractivity contribution in [1.29, 1.82) is 0 Å². The van der Waals surface area contributed by atoms with E-state index >= 15 is 0 Å². The largest absolute Gasteiger partial charge is 0.367 e. The Morgan fingerprint density at radius 1 is 1.50 bits per heavy atom. The minimum absolute atomic E-state index is 0.200. The Morgan fingerprint density at radius 3 is 2.92 bits per heavy atom. The number of rotatable bonds is 1. The zero-order valence-electron chi connectivity index (χ0n) is 7.43. The molecule has 68 valence electrons. The maximum Gasteiger partial charge on any atom is 0.138 e. The summed E-state index contributed by atoms with van der Waals surface area (Å²) in [5.41, 5.74) is 5.12. The topological polar surface area (TPSA) is 52.3 Å². The number of hydrogen-bond donors (Lipinski definition) is 1. The number of Topliss-reactive ketones (excluding diaryl/α,β-unsaturated/α-hetero) is 1. The molecule has 2 aliphatic rings. The van der Waals surface area contributed by atoms with Crippen LogP contribution in [0.5, 0.6) is 0 Å². The molecule has 3 nitrogen and oxygen atoms in total. The number of carbonyl (C=O) groups excluding carboxylic acids is 1. The summed E-state index contributed by atoms with van der Waals surface area (Å²) in [5, 5.41) is 0. The van der Waals surface area contributed by atoms with Crippen molar-refractivity contribution in [3.63, 3.8) is 0 Å². The molecule has 12 heavy (non-hydrogen) atoms. The Morgan fingerprint density at radius 2 is 2.25 bits per heavy atom. The maximum atomic E-state index is 11.4. The first kappa shape index (κ1) is 8.20. The van der Waals surface area contributed by atoms with E-state index in [1.807, 2.05) is 6.92 Å². The van der Waals surface area contributed by atoms with E-state index in [1.165, 1.54) is 0 Å². The Balaban J connectivity index is 2.26. The smallest absolute Gasteiger partial charge is 0.138 e. The number of ether oxygens (including phenoxy) is 1. The van der Waals surface area contributed by atoms with Gasteiger partial charge in [0.15, 0.2) is 0 Å². The van der Waals surface area contributed by atoms with Gasteiger partial charge in [0.05, 0.1) is 11.2 Å². The molecule has 2 N–H and O–H groups in total. The number of ketones is 1. The summed E-state index contributed by atoms with van der Waals surface area (Å²) in [7, 11) is 0. The molecule has 2 atom stereocenters. The number of carbonyl (C=O) groups is 1. The van der Waals surface area contributed by atoms with Crippen molar-refractivity contribution >= 4 is 5.78 Å². The predicted molar refractivity (Wildman–Crippen MR) is 44.8 cm³/mol. The predicted octanol–water partition coefficient (Wildman–Crippen LogP) is 0.616. The summed E-state index contributed by atoms with van der Waals surface area (Å²) < 4.78 is 5.85. The van der Waals surface area contributed by atoms with Crippen LogP contribution in [0.25, 0.3) is 0 Å². The van der Waals surface area contributed by atoms with Crippen molar-refractivity contribution in [2.24, 2.45) is 5.73 Å². The lowest BCUT2D eigenvalue weighted by Gasteiger charge is -2.36. The van der Waals surface area contributed by atoms with E-state index in [0.717, 1.165) is 12.8 Å². The van der Waals surface area contributed by atoms with Crippen LogP contribution in [0.15, 0.2) is 0 Å². The molecule has 3 heteroatoms. The first-order valence-corrected chi connectivity index (χ1v) is 4.50. The lowest BCUT2D eigenvalue weighted by atomic mass is 9.93. The summed E-state index contributed by atoms with van der Waals surface area (Å²) >= 11 is 0. The van der Waals surface area contributed by atoms with Gasteiger partial charge in [0.25, 0.3) is 0 Å². The van der Waals surface area contributed by atoms with Gasteiger partial charge >= 0.3 is 0 Å². The molecule has 2 heterocycles. The first-order chi connectivity index (χ1) is 5.58. The molecular weight excluding hydrogens is 154 g/mol. The number of fused-ring (bicyclic) bond motifs is 2. The van der Waals surface area contributed by atoms with Crippen molar-refractivity contribution in [1.82, 2.24) is 0 Å². The van der Waals surface area contributed by atoms with E-state index in [2.05, 4.69) is 0 Å². The third kappa shape index (κ3) is 1.08. The zero-order chi connectivity index (χ0) is 8.82. The van der Waals surface area contributed by atoms with Gasteiger partial charge in [-0.2, -0.15) is 0 Å². The minimum atomic E-state index is -0.302. The van der Waals surface area contributed by atoms with Gasteiger partial charge in [-0.1, -0.05) is 0 Å². The fourth-order valence-corrected chi connectivity index (χ4v) is 2.42. The lowest BCUT2D eigenvalue weighted by Crippen LogP contribution is -2.47. The molecule has 0 unspecified atom stereocenters. The number of hydrogen-bond acceptors (Lipinski definition) is 3. The van der Waals surface area contributed by atoms with Crippen LogP contribution in [-0.4, -0.2) is 23.5 Å². The molecule has 0 aromatic rings. The molecule has 0 aliphatic carbocycles. The normalized spacial score (nSPS) is 46.7. The molecule has 2 bridgehead atoms. The van der Waals surface area contributed by atoms with Crippen molar-refractivity contribution in [2.75, 3.05) is 6.54 Å². The monoisotopic (exact) mass is 169 g/mol. The summed E-state index contributed by atoms with van der Waals surface area (Å²) in [6.45, 7) is 2.50. The third-order valence-corrected chi connectivity index (χ3v) is 3.03. The fourth-order valence-electron chi connectivity index (χ4n) is 2.42. The minimum Gasteiger partial charge on any atom is -0.367 e. The summed E-state index contributed by atoms with van der Waals surface area (Å²) in [5.74, 6) is 0.312. The van der Waals surface area contributed by atoms with Gasteiger partial charge in [-0.05, 0) is 19.8 Å². The molecule has 2 aliphatic heterocycles. The molecule has 0 radical (unpaired) electrons. The Bertz CT molecular complexity index is 229. The van der Waals surface area contributed by atoms with E-state index < -0.39 is 0 Å². The highest BCUT2D eigenvalue weighted by Gasteiger charge is 2.51. The molecule has 0 aromatic heterocycles. The van der Waals surface area contributed by atoms with Gasteiger partial charge in [-0.15, -0.1) is 0 Å². The molecule has 0 aromatic carbocycles. The summed E-state index contributed by atoms with van der Waals surface area (Å²) in [4.78, 5) is 11.4. The van der Waals surface area contributed by atoms with Gasteiger partial charge in [0, 0.05) is 19.4 Å². The van der Waals surface area contributed by atoms with Crippen LogP contribution in [-0.2, 0) is 9.53 Å². The quantitative estimate of drug-likeness (QED) is 0.626. The average Bonchev–Trinajstić information content (AvgIpc) is 2.23. The molecular formula is C9H15NO2. The molecule has 2 rings (SSSR count). The second-order valence-electron chi connectivity index (χ2n) is 4.33. The highest BCUT2D eigenvalue weighted by molar-refractivity contribution is 5.81. The van der Waals surface area contributed by atoms with Gasteiger partial charge in [0.1, 0.15) is 5.78 Å². The molecule has 0 spiro atoms. The van der Waals surface area contributed by atoms with Crippen molar-refractivity contribution in [3.05, 3.63) is 0 Å². The second-order valence-corrected chi connectivity index (χ2v) is 4.33. The SMILES string of the molecule is C[C@@]12CC[C@@](CN)(CC(=O)C1)O2. The van der Waals surface area contributed by atoms with E-state index in [4.69, 9.17) is 10.5 Å². The van der Waals surface area contributed by atoms with Crippen molar-refractivity contribution < 1.29 is 9.53 Å². The van der Waals surface area contributed by atoms with Gasteiger partial charge in [-0.3, -0.25) is 4.79 Å². The first-order valence-electron chi connectivity index (χ1n) is 4.50. The van der Waals surface area contributed by atoms with Crippen LogP contribution in [0.3, 0.4) is 0 Å². The van der Waals surface area contributed by atoms with Crippen LogP contribution in [0.2, 0.25) is 0 Å². The van der Waals surface area contributed by atoms with Crippen LogP contribution >= 0.6 is 0 Å². The Hall–Kier alpha value is -0.410. The highest BCUT2D eigenvalue weighted by atomic mass is 16.5. The zero-order valence-corrected chi connectivity index (χ0v) is 7.43. The van der Waals surface area contributed by atoms with Crippen LogP contribution in [0, 0.1) is 0 Å².